The Bertz CT molecular complexity index is 519. The molecule has 3 N–H and O–H groups in total. The number of carbonyl (C=O) groups excluding carboxylic acids is 2. The molecule has 1 atom stereocenters. The van der Waals surface area contributed by atoms with Crippen LogP contribution in [-0.4, -0.2) is 36.4 Å². The number of hydrogen-bond acceptors (Lipinski definition) is 4. The highest BCUT2D eigenvalue weighted by Gasteiger charge is 2.27. The lowest BCUT2D eigenvalue weighted by Crippen LogP contribution is -2.31. The van der Waals surface area contributed by atoms with Crippen LogP contribution in [0.15, 0.2) is 24.3 Å². The molecular weight excluding hydrogens is 270 g/mol. The van der Waals surface area contributed by atoms with Crippen molar-refractivity contribution in [3.8, 4) is 5.75 Å². The van der Waals surface area contributed by atoms with Crippen LogP contribution in [0.5, 0.6) is 5.75 Å². The monoisotopic (exact) mass is 291 g/mol. The van der Waals surface area contributed by atoms with Crippen molar-refractivity contribution in [3.63, 3.8) is 0 Å². The largest absolute Gasteiger partial charge is 0.491 e. The third-order valence-electron chi connectivity index (χ3n) is 3.75. The van der Waals surface area contributed by atoms with Crippen LogP contribution >= 0.6 is 0 Å². The summed E-state index contributed by atoms with van der Waals surface area (Å²) >= 11 is 0. The molecule has 0 bridgehead atoms. The first-order valence-electron chi connectivity index (χ1n) is 7.16. The molecule has 1 heterocycles. The first kappa shape index (κ1) is 15.3. The maximum atomic E-state index is 11.8. The van der Waals surface area contributed by atoms with E-state index in [0.29, 0.717) is 36.8 Å². The molecule has 21 heavy (non-hydrogen) atoms. The molecule has 1 aromatic carbocycles. The van der Waals surface area contributed by atoms with Crippen molar-refractivity contribution in [1.82, 2.24) is 10.3 Å². The Kier molecular flexibility index (Phi) is 5.16. The number of hydrazine groups is 1. The minimum atomic E-state index is -0.395. The van der Waals surface area contributed by atoms with Crippen molar-refractivity contribution < 1.29 is 14.3 Å². The van der Waals surface area contributed by atoms with Gasteiger partial charge in [0.05, 0.1) is 12.1 Å². The fourth-order valence-corrected chi connectivity index (χ4v) is 2.47. The average Bonchev–Trinajstić information content (AvgIpc) is 2.87. The normalized spacial score (nSPS) is 17.9. The maximum absolute atomic E-state index is 11.8. The number of carbonyl (C=O) groups is 2. The van der Waals surface area contributed by atoms with Gasteiger partial charge in [0.25, 0.3) is 5.91 Å². The van der Waals surface area contributed by atoms with Crippen molar-refractivity contribution >= 4 is 11.8 Å². The van der Waals surface area contributed by atoms with E-state index in [1.807, 2.05) is 4.90 Å². The summed E-state index contributed by atoms with van der Waals surface area (Å²) in [7, 11) is 0. The lowest BCUT2D eigenvalue weighted by molar-refractivity contribution is -0.128. The van der Waals surface area contributed by atoms with Crippen LogP contribution in [0.25, 0.3) is 0 Å². The summed E-state index contributed by atoms with van der Waals surface area (Å²) in [4.78, 5) is 25.2. The van der Waals surface area contributed by atoms with Crippen molar-refractivity contribution in [2.45, 2.75) is 19.8 Å². The zero-order valence-corrected chi connectivity index (χ0v) is 12.2. The number of nitrogens with one attached hydrogen (secondary N) is 1. The van der Waals surface area contributed by atoms with Crippen LogP contribution in [0.1, 0.15) is 30.1 Å². The van der Waals surface area contributed by atoms with Gasteiger partial charge in [-0.1, -0.05) is 25.5 Å². The Hall–Kier alpha value is -2.08. The predicted octanol–water partition coefficient (Wildman–Crippen LogP) is 0.927. The molecule has 1 fully saturated rings. The van der Waals surface area contributed by atoms with Crippen LogP contribution in [0.2, 0.25) is 0 Å². The van der Waals surface area contributed by atoms with Gasteiger partial charge in [0, 0.05) is 13.0 Å². The number of para-hydroxylation sites is 1. The van der Waals surface area contributed by atoms with Gasteiger partial charge in [0.15, 0.2) is 0 Å². The second-order valence-corrected chi connectivity index (χ2v) is 5.14. The number of amides is 2. The highest BCUT2D eigenvalue weighted by atomic mass is 16.5. The second-order valence-electron chi connectivity index (χ2n) is 5.14. The third kappa shape index (κ3) is 3.72. The molecule has 0 aromatic heterocycles. The molecule has 1 aliphatic heterocycles. The van der Waals surface area contributed by atoms with Crippen LogP contribution in [0.4, 0.5) is 0 Å². The average molecular weight is 291 g/mol. The van der Waals surface area contributed by atoms with Crippen molar-refractivity contribution in [2.75, 3.05) is 19.7 Å². The van der Waals surface area contributed by atoms with E-state index in [1.54, 1.807) is 24.3 Å². The molecule has 1 saturated heterocycles. The lowest BCUT2D eigenvalue weighted by Gasteiger charge is -2.17. The smallest absolute Gasteiger partial charge is 0.268 e. The summed E-state index contributed by atoms with van der Waals surface area (Å²) in [6.45, 7) is 3.79. The lowest BCUT2D eigenvalue weighted by atomic mass is 10.1. The molecular formula is C15H21N3O3. The predicted molar refractivity (Wildman–Crippen MR) is 78.6 cm³/mol. The van der Waals surface area contributed by atoms with E-state index in [4.69, 9.17) is 10.6 Å². The Balaban J connectivity index is 1.89. The fourth-order valence-electron chi connectivity index (χ4n) is 2.47. The van der Waals surface area contributed by atoms with Gasteiger partial charge in [-0.05, 0) is 18.1 Å². The number of nitrogens with zero attached hydrogens (tertiary/aromatic N) is 1. The van der Waals surface area contributed by atoms with E-state index in [2.05, 4.69) is 12.3 Å². The van der Waals surface area contributed by atoms with Gasteiger partial charge in [0.2, 0.25) is 5.91 Å². The number of hydrogen-bond donors (Lipinski definition) is 2. The summed E-state index contributed by atoms with van der Waals surface area (Å²) in [5, 5.41) is 0. The van der Waals surface area contributed by atoms with Gasteiger partial charge in [-0.15, -0.1) is 0 Å². The highest BCUT2D eigenvalue weighted by molar-refractivity contribution is 5.96. The Morgan fingerprint density at radius 1 is 1.48 bits per heavy atom. The van der Waals surface area contributed by atoms with Crippen LogP contribution in [0.3, 0.4) is 0 Å². The quantitative estimate of drug-likeness (QED) is 0.464. The summed E-state index contributed by atoms with van der Waals surface area (Å²) in [5.41, 5.74) is 2.48. The molecule has 0 aliphatic carbocycles. The molecule has 0 spiro atoms. The molecule has 2 rings (SSSR count). The van der Waals surface area contributed by atoms with Gasteiger partial charge >= 0.3 is 0 Å². The minimum Gasteiger partial charge on any atom is -0.491 e. The molecule has 1 aliphatic rings. The van der Waals surface area contributed by atoms with Gasteiger partial charge < -0.3 is 9.64 Å². The highest BCUT2D eigenvalue weighted by Crippen LogP contribution is 2.21. The fraction of sp³-hybridized carbons (Fsp3) is 0.467. The molecule has 0 saturated carbocycles. The van der Waals surface area contributed by atoms with Crippen molar-refractivity contribution in [3.05, 3.63) is 29.8 Å². The van der Waals surface area contributed by atoms with Gasteiger partial charge in [0.1, 0.15) is 12.4 Å². The van der Waals surface area contributed by atoms with Gasteiger partial charge in [-0.3, -0.25) is 15.0 Å². The topological polar surface area (TPSA) is 84.7 Å². The first-order chi connectivity index (χ1) is 10.2. The number of nitrogens with two attached hydrogens (primary N) is 1. The van der Waals surface area contributed by atoms with Crippen LogP contribution < -0.4 is 16.0 Å². The summed E-state index contributed by atoms with van der Waals surface area (Å²) in [6.07, 6.45) is 1.64. The van der Waals surface area contributed by atoms with E-state index < -0.39 is 5.91 Å². The van der Waals surface area contributed by atoms with Crippen molar-refractivity contribution in [1.29, 1.82) is 0 Å². The van der Waals surface area contributed by atoms with E-state index in [0.717, 1.165) is 13.0 Å². The number of rotatable bonds is 6. The van der Waals surface area contributed by atoms with Crippen LogP contribution in [-0.2, 0) is 4.79 Å². The summed E-state index contributed by atoms with van der Waals surface area (Å²) < 4.78 is 5.63. The molecule has 2 amide bonds. The second kappa shape index (κ2) is 7.08. The Labute approximate surface area is 124 Å². The van der Waals surface area contributed by atoms with Gasteiger partial charge in [-0.25, -0.2) is 5.84 Å². The standard InChI is InChI=1S/C15H21N3O3/c1-2-11-9-14(19)18(10-11)7-8-21-13-6-4-3-5-12(13)15(20)17-16/h3-6,11H,2,7-10,16H2,1H3,(H,17,20). The number of nitrogen functional groups attached to an aromatic ring is 1. The minimum absolute atomic E-state index is 0.179. The van der Waals surface area contributed by atoms with Crippen molar-refractivity contribution in [2.24, 2.45) is 11.8 Å². The number of ether oxygens (including phenoxy) is 1. The van der Waals surface area contributed by atoms with E-state index in [9.17, 15) is 9.59 Å². The number of benzene rings is 1. The SMILES string of the molecule is CCC1CC(=O)N(CCOc2ccccc2C(=O)NN)C1. The zero-order valence-electron chi connectivity index (χ0n) is 12.2. The first-order valence-corrected chi connectivity index (χ1v) is 7.16. The van der Waals surface area contributed by atoms with Gasteiger partial charge in [-0.2, -0.15) is 0 Å². The summed E-state index contributed by atoms with van der Waals surface area (Å²) in [6, 6.07) is 6.89. The van der Waals surface area contributed by atoms with E-state index in [1.165, 1.54) is 0 Å². The molecule has 1 unspecified atom stereocenters. The summed E-state index contributed by atoms with van der Waals surface area (Å²) in [5.74, 6) is 5.85. The van der Waals surface area contributed by atoms with Crippen LogP contribution in [0, 0.1) is 5.92 Å². The Morgan fingerprint density at radius 3 is 2.90 bits per heavy atom. The molecule has 0 radical (unpaired) electrons. The zero-order chi connectivity index (χ0) is 15.2. The third-order valence-corrected chi connectivity index (χ3v) is 3.75. The molecule has 6 heteroatoms. The molecule has 114 valence electrons. The molecule has 6 nitrogen and oxygen atoms in total. The molecule has 1 aromatic rings. The van der Waals surface area contributed by atoms with E-state index in [-0.39, 0.29) is 5.91 Å². The Morgan fingerprint density at radius 2 is 2.24 bits per heavy atom. The number of likely N-dealkylation sites (tertiary alicyclic amines) is 1. The maximum Gasteiger partial charge on any atom is 0.268 e. The van der Waals surface area contributed by atoms with E-state index >= 15 is 0 Å².